The molecule has 3 heteroatoms. The van der Waals surface area contributed by atoms with E-state index in [1.54, 1.807) is 12.1 Å². The Morgan fingerprint density at radius 3 is 3.11 bits per heavy atom. The number of rotatable bonds is 3. The molecule has 0 unspecified atom stereocenters. The van der Waals surface area contributed by atoms with Crippen LogP contribution in [0.25, 0.3) is 0 Å². The van der Waals surface area contributed by atoms with E-state index in [-0.39, 0.29) is 6.61 Å². The van der Waals surface area contributed by atoms with Crippen LogP contribution >= 0.6 is 0 Å². The Balaban J connectivity index is 2.30. The van der Waals surface area contributed by atoms with Crippen molar-refractivity contribution in [3.8, 4) is 5.95 Å². The van der Waals surface area contributed by atoms with Crippen LogP contribution in [-0.2, 0) is 0 Å². The van der Waals surface area contributed by atoms with Crippen molar-refractivity contribution in [1.29, 1.82) is 0 Å². The highest BCUT2D eigenvalue weighted by Crippen LogP contribution is 2.08. The molecule has 50 valence electrons. The van der Waals surface area contributed by atoms with Crippen LogP contribution in [0, 0.1) is 0 Å². The van der Waals surface area contributed by atoms with Gasteiger partial charge in [0, 0.05) is 6.07 Å². The van der Waals surface area contributed by atoms with Crippen molar-refractivity contribution in [2.45, 2.75) is 0 Å². The van der Waals surface area contributed by atoms with Crippen molar-refractivity contribution in [3.05, 3.63) is 18.4 Å². The summed E-state index contributed by atoms with van der Waals surface area (Å²) in [5.74, 6) is 0.368. The third-order valence-electron chi connectivity index (χ3n) is 0.817. The van der Waals surface area contributed by atoms with Crippen molar-refractivity contribution < 1.29 is 13.5 Å². The summed E-state index contributed by atoms with van der Waals surface area (Å²) in [5, 5.41) is 0. The largest absolute Gasteiger partial charge is 0.462 e. The Labute approximate surface area is 52.2 Å². The zero-order chi connectivity index (χ0) is 6.53. The fraction of sp³-hybridized carbons (Fsp3) is 0.333. The van der Waals surface area contributed by atoms with Gasteiger partial charge in [0.1, 0.15) is 13.3 Å². The Morgan fingerprint density at radius 2 is 2.56 bits per heavy atom. The minimum atomic E-state index is -0.485. The molecule has 1 aromatic heterocycles. The van der Waals surface area contributed by atoms with Gasteiger partial charge in [-0.3, -0.25) is 0 Å². The predicted molar refractivity (Wildman–Crippen MR) is 30.2 cm³/mol. The van der Waals surface area contributed by atoms with Gasteiger partial charge in [-0.15, -0.1) is 0 Å². The molecule has 0 aliphatic heterocycles. The van der Waals surface area contributed by atoms with E-state index in [4.69, 9.17) is 9.15 Å². The van der Waals surface area contributed by atoms with E-state index >= 15 is 0 Å². The van der Waals surface area contributed by atoms with E-state index < -0.39 is 6.67 Å². The van der Waals surface area contributed by atoms with Crippen LogP contribution in [0.4, 0.5) is 4.39 Å². The summed E-state index contributed by atoms with van der Waals surface area (Å²) in [5.41, 5.74) is 0. The number of alkyl halides is 1. The highest BCUT2D eigenvalue weighted by Gasteiger charge is 1.91. The molecule has 0 aliphatic carbocycles. The second kappa shape index (κ2) is 3.12. The van der Waals surface area contributed by atoms with Crippen molar-refractivity contribution >= 4 is 0 Å². The smallest absolute Gasteiger partial charge is 0.284 e. The summed E-state index contributed by atoms with van der Waals surface area (Å²) in [4.78, 5) is 0. The molecule has 0 radical (unpaired) electrons. The first-order valence-electron chi connectivity index (χ1n) is 2.66. The average Bonchev–Trinajstić information content (AvgIpc) is 2.34. The van der Waals surface area contributed by atoms with Crippen LogP contribution in [0.1, 0.15) is 0 Å². The molecule has 0 atom stereocenters. The zero-order valence-electron chi connectivity index (χ0n) is 4.84. The Kier molecular flexibility index (Phi) is 2.13. The highest BCUT2D eigenvalue weighted by molar-refractivity contribution is 5.03. The highest BCUT2D eigenvalue weighted by atomic mass is 19.1. The first-order valence-corrected chi connectivity index (χ1v) is 2.66. The predicted octanol–water partition coefficient (Wildman–Crippen LogP) is 1.63. The molecule has 0 saturated carbocycles. The van der Waals surface area contributed by atoms with Crippen LogP contribution < -0.4 is 4.74 Å². The molecule has 0 amide bonds. The second-order valence-electron chi connectivity index (χ2n) is 1.47. The molecule has 0 spiro atoms. The van der Waals surface area contributed by atoms with Gasteiger partial charge in [0.15, 0.2) is 0 Å². The lowest BCUT2D eigenvalue weighted by Crippen LogP contribution is -1.96. The molecule has 1 heterocycles. The molecule has 1 rings (SSSR count). The number of furan rings is 1. The third-order valence-corrected chi connectivity index (χ3v) is 0.817. The van der Waals surface area contributed by atoms with Crippen LogP contribution in [0.15, 0.2) is 22.8 Å². The van der Waals surface area contributed by atoms with Gasteiger partial charge in [-0.2, -0.15) is 0 Å². The Bertz CT molecular complexity index is 148. The SMILES string of the molecule is FCCOc1ccco1. The second-order valence-corrected chi connectivity index (χ2v) is 1.47. The molecule has 0 aromatic carbocycles. The first kappa shape index (κ1) is 6.13. The maximum absolute atomic E-state index is 11.4. The van der Waals surface area contributed by atoms with Gasteiger partial charge in [-0.1, -0.05) is 0 Å². The number of halogens is 1. The summed E-state index contributed by atoms with van der Waals surface area (Å²) in [6.45, 7) is -0.422. The molecule has 0 bridgehead atoms. The van der Waals surface area contributed by atoms with Gasteiger partial charge in [0.05, 0.1) is 6.26 Å². The van der Waals surface area contributed by atoms with Crippen LogP contribution in [-0.4, -0.2) is 13.3 Å². The monoisotopic (exact) mass is 130 g/mol. The topological polar surface area (TPSA) is 22.4 Å². The van der Waals surface area contributed by atoms with E-state index in [9.17, 15) is 4.39 Å². The summed E-state index contributed by atoms with van der Waals surface area (Å²) >= 11 is 0. The van der Waals surface area contributed by atoms with Gasteiger partial charge in [-0.05, 0) is 6.07 Å². The van der Waals surface area contributed by atoms with Gasteiger partial charge in [-0.25, -0.2) is 4.39 Å². The standard InChI is InChI=1S/C6H7FO2/c7-3-5-9-6-2-1-4-8-6/h1-2,4H,3,5H2. The summed E-state index contributed by atoms with van der Waals surface area (Å²) in [6, 6.07) is 3.32. The van der Waals surface area contributed by atoms with E-state index in [1.165, 1.54) is 6.26 Å². The van der Waals surface area contributed by atoms with Crippen molar-refractivity contribution in [3.63, 3.8) is 0 Å². The lowest BCUT2D eigenvalue weighted by atomic mass is 10.6. The third kappa shape index (κ3) is 1.76. The lowest BCUT2D eigenvalue weighted by Gasteiger charge is -1.94. The number of hydrogen-bond acceptors (Lipinski definition) is 2. The fourth-order valence-corrected chi connectivity index (χ4v) is 0.485. The summed E-state index contributed by atoms with van der Waals surface area (Å²) in [6.07, 6.45) is 1.48. The van der Waals surface area contributed by atoms with Crippen molar-refractivity contribution in [1.82, 2.24) is 0 Å². The van der Waals surface area contributed by atoms with Gasteiger partial charge in [0.2, 0.25) is 0 Å². The average molecular weight is 130 g/mol. The Hall–Kier alpha value is -0.990. The maximum Gasteiger partial charge on any atom is 0.284 e. The Morgan fingerprint density at radius 1 is 1.67 bits per heavy atom. The first-order chi connectivity index (χ1) is 4.43. The minimum absolute atomic E-state index is 0.0630. The molecule has 2 nitrogen and oxygen atoms in total. The van der Waals surface area contributed by atoms with Crippen LogP contribution in [0.3, 0.4) is 0 Å². The molecule has 0 aliphatic rings. The van der Waals surface area contributed by atoms with Crippen molar-refractivity contribution in [2.24, 2.45) is 0 Å². The van der Waals surface area contributed by atoms with Gasteiger partial charge in [0.25, 0.3) is 5.95 Å². The molecular formula is C6H7FO2. The summed E-state index contributed by atoms with van der Waals surface area (Å²) < 4.78 is 20.9. The number of ether oxygens (including phenoxy) is 1. The minimum Gasteiger partial charge on any atom is -0.462 e. The summed E-state index contributed by atoms with van der Waals surface area (Å²) in [7, 11) is 0. The molecule has 1 aromatic rings. The normalized spacial score (nSPS) is 9.44. The van der Waals surface area contributed by atoms with E-state index in [0.29, 0.717) is 5.95 Å². The molecule has 0 N–H and O–H groups in total. The van der Waals surface area contributed by atoms with E-state index in [2.05, 4.69) is 0 Å². The molecule has 0 saturated heterocycles. The molecule has 9 heavy (non-hydrogen) atoms. The fourth-order valence-electron chi connectivity index (χ4n) is 0.485. The van der Waals surface area contributed by atoms with Gasteiger partial charge >= 0.3 is 0 Å². The van der Waals surface area contributed by atoms with E-state index in [1.807, 2.05) is 0 Å². The zero-order valence-corrected chi connectivity index (χ0v) is 4.84. The molecular weight excluding hydrogens is 123 g/mol. The van der Waals surface area contributed by atoms with Crippen LogP contribution in [0.2, 0.25) is 0 Å². The van der Waals surface area contributed by atoms with Crippen LogP contribution in [0.5, 0.6) is 5.95 Å². The molecule has 0 fully saturated rings. The van der Waals surface area contributed by atoms with Crippen molar-refractivity contribution in [2.75, 3.05) is 13.3 Å². The quantitative estimate of drug-likeness (QED) is 0.620. The lowest BCUT2D eigenvalue weighted by molar-refractivity contribution is 0.218. The number of hydrogen-bond donors (Lipinski definition) is 0. The van der Waals surface area contributed by atoms with E-state index in [0.717, 1.165) is 0 Å². The van der Waals surface area contributed by atoms with Gasteiger partial charge < -0.3 is 9.15 Å². The maximum atomic E-state index is 11.4.